The number of rotatable bonds is 4. The molecule has 7 heteroatoms. The summed E-state index contributed by atoms with van der Waals surface area (Å²) in [7, 11) is 1.44. The Morgan fingerprint density at radius 2 is 1.96 bits per heavy atom. The lowest BCUT2D eigenvalue weighted by Gasteiger charge is -2.09. The summed E-state index contributed by atoms with van der Waals surface area (Å²) in [5.74, 6) is -0.205. The van der Waals surface area contributed by atoms with Crippen molar-refractivity contribution in [3.05, 3.63) is 62.1 Å². The van der Waals surface area contributed by atoms with Gasteiger partial charge in [-0.3, -0.25) is 4.79 Å². The van der Waals surface area contributed by atoms with Gasteiger partial charge in [0.15, 0.2) is 0 Å². The zero-order valence-electron chi connectivity index (χ0n) is 12.4. The monoisotopic (exact) mass is 424 g/mol. The van der Waals surface area contributed by atoms with Crippen LogP contribution >= 0.6 is 39.1 Å². The standard InChI is InChI=1S/C17H11BrCl2N2O2/c1-24-16-10(7-13(19)8-15(16)20)6-11(9-21)17(23)22-14-4-2-12(18)3-5-14/h2-8H,1H3,(H,22,23)/b11-6+. The number of nitrogens with zero attached hydrogens (tertiary/aromatic N) is 1. The largest absolute Gasteiger partial charge is 0.495 e. The number of methoxy groups -OCH3 is 1. The Kier molecular flexibility index (Phi) is 6.27. The molecule has 122 valence electrons. The first-order chi connectivity index (χ1) is 11.4. The van der Waals surface area contributed by atoms with Gasteiger partial charge in [0, 0.05) is 20.7 Å². The number of amides is 1. The average molecular weight is 426 g/mol. The van der Waals surface area contributed by atoms with Crippen LogP contribution in [0.4, 0.5) is 5.69 Å². The molecule has 0 aromatic heterocycles. The van der Waals surface area contributed by atoms with Crippen molar-refractivity contribution >= 4 is 56.8 Å². The van der Waals surface area contributed by atoms with Crippen molar-refractivity contribution in [1.29, 1.82) is 5.26 Å². The second kappa shape index (κ2) is 8.20. The molecule has 0 fully saturated rings. The third kappa shape index (κ3) is 4.51. The fourth-order valence-corrected chi connectivity index (χ4v) is 2.79. The molecular weight excluding hydrogens is 415 g/mol. The van der Waals surface area contributed by atoms with Crippen LogP contribution in [0.2, 0.25) is 10.0 Å². The van der Waals surface area contributed by atoms with E-state index in [9.17, 15) is 10.1 Å². The molecule has 1 N–H and O–H groups in total. The van der Waals surface area contributed by atoms with Crippen molar-refractivity contribution in [2.24, 2.45) is 0 Å². The van der Waals surface area contributed by atoms with Crippen LogP contribution in [0.5, 0.6) is 5.75 Å². The van der Waals surface area contributed by atoms with Crippen LogP contribution in [-0.4, -0.2) is 13.0 Å². The van der Waals surface area contributed by atoms with Crippen molar-refractivity contribution < 1.29 is 9.53 Å². The van der Waals surface area contributed by atoms with Gasteiger partial charge in [0.25, 0.3) is 5.91 Å². The summed E-state index contributed by atoms with van der Waals surface area (Å²) < 4.78 is 6.09. The van der Waals surface area contributed by atoms with Gasteiger partial charge in [-0.15, -0.1) is 0 Å². The Morgan fingerprint density at radius 1 is 1.29 bits per heavy atom. The van der Waals surface area contributed by atoms with E-state index in [1.165, 1.54) is 19.3 Å². The minimum Gasteiger partial charge on any atom is -0.495 e. The normalized spacial score (nSPS) is 10.9. The number of hydrogen-bond donors (Lipinski definition) is 1. The molecule has 0 unspecified atom stereocenters. The van der Waals surface area contributed by atoms with E-state index in [1.807, 2.05) is 6.07 Å². The van der Waals surface area contributed by atoms with Gasteiger partial charge in [-0.05, 0) is 42.5 Å². The van der Waals surface area contributed by atoms with Crippen molar-refractivity contribution in [1.82, 2.24) is 0 Å². The van der Waals surface area contributed by atoms with Gasteiger partial charge in [-0.25, -0.2) is 0 Å². The number of carbonyl (C=O) groups excluding carboxylic acids is 1. The summed E-state index contributed by atoms with van der Waals surface area (Å²) in [6.45, 7) is 0. The minimum absolute atomic E-state index is 0.102. The fraction of sp³-hybridized carbons (Fsp3) is 0.0588. The predicted molar refractivity (Wildman–Crippen MR) is 99.4 cm³/mol. The van der Waals surface area contributed by atoms with E-state index in [0.717, 1.165) is 4.47 Å². The Morgan fingerprint density at radius 3 is 2.54 bits per heavy atom. The predicted octanol–water partition coefficient (Wildman–Crippen LogP) is 5.31. The van der Waals surface area contributed by atoms with Crippen LogP contribution in [-0.2, 0) is 4.79 Å². The molecule has 1 amide bonds. The van der Waals surface area contributed by atoms with Gasteiger partial charge in [-0.1, -0.05) is 39.1 Å². The Hall–Kier alpha value is -2.00. The van der Waals surface area contributed by atoms with Crippen LogP contribution < -0.4 is 10.1 Å². The molecule has 0 spiro atoms. The van der Waals surface area contributed by atoms with Gasteiger partial charge in [0.2, 0.25) is 0 Å². The molecule has 0 aliphatic rings. The molecule has 4 nitrogen and oxygen atoms in total. The molecule has 24 heavy (non-hydrogen) atoms. The first-order valence-corrected chi connectivity index (χ1v) is 8.21. The molecule has 0 bridgehead atoms. The van der Waals surface area contributed by atoms with Gasteiger partial charge < -0.3 is 10.1 Å². The molecule has 2 aromatic carbocycles. The Bertz CT molecular complexity index is 843. The van der Waals surface area contributed by atoms with Crippen molar-refractivity contribution in [3.63, 3.8) is 0 Å². The maximum atomic E-state index is 12.3. The maximum Gasteiger partial charge on any atom is 0.266 e. The Balaban J connectivity index is 2.34. The minimum atomic E-state index is -0.544. The number of hydrogen-bond acceptors (Lipinski definition) is 3. The van der Waals surface area contributed by atoms with Crippen molar-refractivity contribution in [2.75, 3.05) is 12.4 Å². The van der Waals surface area contributed by atoms with E-state index in [1.54, 1.807) is 30.3 Å². The van der Waals surface area contributed by atoms with Crippen molar-refractivity contribution in [2.45, 2.75) is 0 Å². The van der Waals surface area contributed by atoms with E-state index >= 15 is 0 Å². The molecule has 2 rings (SSSR count). The first kappa shape index (κ1) is 18.3. The molecule has 0 saturated heterocycles. The highest BCUT2D eigenvalue weighted by atomic mass is 79.9. The van der Waals surface area contributed by atoms with Gasteiger partial charge >= 0.3 is 0 Å². The smallest absolute Gasteiger partial charge is 0.266 e. The summed E-state index contributed by atoms with van der Waals surface area (Å²) in [5, 5.41) is 12.6. The quantitative estimate of drug-likeness (QED) is 0.533. The van der Waals surface area contributed by atoms with Gasteiger partial charge in [-0.2, -0.15) is 5.26 Å². The highest BCUT2D eigenvalue weighted by molar-refractivity contribution is 9.10. The van der Waals surface area contributed by atoms with Crippen LogP contribution in [0.25, 0.3) is 6.08 Å². The second-order valence-corrected chi connectivity index (χ2v) is 6.40. The average Bonchev–Trinajstić information content (AvgIpc) is 2.54. The molecule has 0 heterocycles. The Labute approximate surface area is 157 Å². The van der Waals surface area contributed by atoms with E-state index in [4.69, 9.17) is 27.9 Å². The third-order valence-corrected chi connectivity index (χ3v) is 4.04. The number of nitrogens with one attached hydrogen (secondary N) is 1. The van der Waals surface area contributed by atoms with Crippen LogP contribution in [0.3, 0.4) is 0 Å². The second-order valence-electron chi connectivity index (χ2n) is 4.64. The number of benzene rings is 2. The number of ether oxygens (including phenoxy) is 1. The lowest BCUT2D eigenvalue weighted by Crippen LogP contribution is -2.13. The third-order valence-electron chi connectivity index (χ3n) is 3.01. The number of halogens is 3. The summed E-state index contributed by atoms with van der Waals surface area (Å²) >= 11 is 15.3. The number of anilines is 1. The summed E-state index contributed by atoms with van der Waals surface area (Å²) in [6.07, 6.45) is 1.38. The molecule has 2 aromatic rings. The number of carbonyl (C=O) groups is 1. The fourth-order valence-electron chi connectivity index (χ4n) is 1.94. The molecule has 0 aliphatic heterocycles. The highest BCUT2D eigenvalue weighted by Crippen LogP contribution is 2.33. The zero-order chi connectivity index (χ0) is 17.7. The van der Waals surface area contributed by atoms with Crippen molar-refractivity contribution in [3.8, 4) is 11.8 Å². The summed E-state index contributed by atoms with van der Waals surface area (Å²) in [5.41, 5.74) is 0.910. The topological polar surface area (TPSA) is 62.1 Å². The summed E-state index contributed by atoms with van der Waals surface area (Å²) in [6, 6.07) is 12.0. The first-order valence-electron chi connectivity index (χ1n) is 6.66. The van der Waals surface area contributed by atoms with E-state index in [-0.39, 0.29) is 5.57 Å². The molecule has 0 radical (unpaired) electrons. The van der Waals surface area contributed by atoms with E-state index in [0.29, 0.717) is 27.0 Å². The SMILES string of the molecule is COc1c(Cl)cc(Cl)cc1/C=C(\C#N)C(=O)Nc1ccc(Br)cc1. The summed E-state index contributed by atoms with van der Waals surface area (Å²) in [4.78, 5) is 12.3. The van der Waals surface area contributed by atoms with Crippen LogP contribution in [0, 0.1) is 11.3 Å². The number of nitriles is 1. The molecule has 0 aliphatic carbocycles. The zero-order valence-corrected chi connectivity index (χ0v) is 15.5. The van der Waals surface area contributed by atoms with Crippen LogP contribution in [0.1, 0.15) is 5.56 Å². The lowest BCUT2D eigenvalue weighted by atomic mass is 10.1. The maximum absolute atomic E-state index is 12.3. The van der Waals surface area contributed by atoms with E-state index in [2.05, 4.69) is 21.2 Å². The van der Waals surface area contributed by atoms with Crippen LogP contribution in [0.15, 0.2) is 46.4 Å². The lowest BCUT2D eigenvalue weighted by molar-refractivity contribution is -0.112. The molecule has 0 saturated carbocycles. The van der Waals surface area contributed by atoms with E-state index < -0.39 is 5.91 Å². The van der Waals surface area contributed by atoms with Gasteiger partial charge in [0.05, 0.1) is 12.1 Å². The highest BCUT2D eigenvalue weighted by Gasteiger charge is 2.13. The molecular formula is C17H11BrCl2N2O2. The van der Waals surface area contributed by atoms with Gasteiger partial charge in [0.1, 0.15) is 17.4 Å². The molecule has 0 atom stereocenters.